The lowest BCUT2D eigenvalue weighted by Gasteiger charge is -1.97. The van der Waals surface area contributed by atoms with Crippen LogP contribution in [0.5, 0.6) is 0 Å². The molecule has 0 saturated carbocycles. The molecule has 0 rings (SSSR count). The third kappa shape index (κ3) is 15.5. The molecule has 0 nitrogen and oxygen atoms in total. The summed E-state index contributed by atoms with van der Waals surface area (Å²) >= 11 is 0. The molecule has 0 aliphatic heterocycles. The van der Waals surface area contributed by atoms with E-state index in [1.54, 1.807) is 0 Å². The lowest BCUT2D eigenvalue weighted by Crippen LogP contribution is -1.77. The molecule has 0 spiro atoms. The first-order chi connectivity index (χ1) is 8.41. The molecule has 0 aromatic carbocycles. The summed E-state index contributed by atoms with van der Waals surface area (Å²) in [5.41, 5.74) is 0. The summed E-state index contributed by atoms with van der Waals surface area (Å²) in [6, 6.07) is 0. The minimum absolute atomic E-state index is 0.924. The van der Waals surface area contributed by atoms with Crippen LogP contribution in [0.25, 0.3) is 0 Å². The average molecular weight is 235 g/mol. The van der Waals surface area contributed by atoms with Crippen molar-refractivity contribution < 1.29 is 0 Å². The Bertz CT molecular complexity index is 176. The molecule has 0 aromatic rings. The molecule has 0 amide bonds. The molecule has 0 aliphatic rings. The van der Waals surface area contributed by atoms with Crippen molar-refractivity contribution in [2.75, 3.05) is 0 Å². The molecule has 0 fully saturated rings. The highest BCUT2D eigenvalue weighted by molar-refractivity contribution is 4.85. The van der Waals surface area contributed by atoms with Crippen LogP contribution in [0.4, 0.5) is 0 Å². The normalized spacial score (nSPS) is 11.9. The van der Waals surface area contributed by atoms with Crippen molar-refractivity contribution in [3.63, 3.8) is 0 Å². The van der Waals surface area contributed by atoms with Crippen molar-refractivity contribution >= 4 is 0 Å². The SMILES string of the molecule is [CH2]C/C=C/CCC/C=C/CCCCCCCC. The first kappa shape index (κ1) is 16.5. The Balaban J connectivity index is 3.07. The van der Waals surface area contributed by atoms with Gasteiger partial charge in [-0.3, -0.25) is 0 Å². The lowest BCUT2D eigenvalue weighted by atomic mass is 10.1. The summed E-state index contributed by atoms with van der Waals surface area (Å²) < 4.78 is 0. The summed E-state index contributed by atoms with van der Waals surface area (Å²) in [5, 5.41) is 0. The van der Waals surface area contributed by atoms with Gasteiger partial charge in [-0.1, -0.05) is 63.3 Å². The first-order valence-corrected chi connectivity index (χ1v) is 7.51. The molecule has 0 bridgehead atoms. The van der Waals surface area contributed by atoms with Crippen LogP contribution >= 0.6 is 0 Å². The van der Waals surface area contributed by atoms with E-state index in [0.29, 0.717) is 0 Å². The van der Waals surface area contributed by atoms with Crippen molar-refractivity contribution in [3.8, 4) is 0 Å². The van der Waals surface area contributed by atoms with E-state index in [-0.39, 0.29) is 0 Å². The molecule has 0 N–H and O–H groups in total. The number of hydrogen-bond donors (Lipinski definition) is 0. The third-order valence-electron chi connectivity index (χ3n) is 2.97. The molecule has 0 saturated heterocycles. The molecule has 17 heavy (non-hydrogen) atoms. The van der Waals surface area contributed by atoms with E-state index in [9.17, 15) is 0 Å². The van der Waals surface area contributed by atoms with Gasteiger partial charge in [0, 0.05) is 0 Å². The topological polar surface area (TPSA) is 0 Å². The van der Waals surface area contributed by atoms with Crippen LogP contribution in [0.3, 0.4) is 0 Å². The summed E-state index contributed by atoms with van der Waals surface area (Å²) in [6.45, 7) is 6.05. The van der Waals surface area contributed by atoms with Crippen molar-refractivity contribution in [1.29, 1.82) is 0 Å². The molecule has 0 aromatic heterocycles. The Kier molecular flexibility index (Phi) is 15.0. The van der Waals surface area contributed by atoms with Crippen LogP contribution in [0.1, 0.15) is 77.6 Å². The summed E-state index contributed by atoms with van der Waals surface area (Å²) in [6.07, 6.45) is 23.4. The van der Waals surface area contributed by atoms with Crippen LogP contribution in [0.2, 0.25) is 0 Å². The fraction of sp³-hybridized carbons (Fsp3) is 0.706. The van der Waals surface area contributed by atoms with Gasteiger partial charge in [0.2, 0.25) is 0 Å². The molecule has 0 heterocycles. The van der Waals surface area contributed by atoms with E-state index in [1.807, 2.05) is 0 Å². The molecule has 0 atom stereocenters. The highest BCUT2D eigenvalue weighted by Crippen LogP contribution is 2.07. The average Bonchev–Trinajstić information content (AvgIpc) is 2.35. The molecule has 99 valence electrons. The van der Waals surface area contributed by atoms with E-state index in [1.165, 1.54) is 64.2 Å². The second kappa shape index (κ2) is 15.5. The van der Waals surface area contributed by atoms with Crippen LogP contribution < -0.4 is 0 Å². The fourth-order valence-electron chi connectivity index (χ4n) is 1.87. The van der Waals surface area contributed by atoms with Gasteiger partial charge in [0.05, 0.1) is 0 Å². The molecule has 0 heteroatoms. The van der Waals surface area contributed by atoms with Crippen molar-refractivity contribution in [2.45, 2.75) is 77.6 Å². The maximum absolute atomic E-state index is 3.78. The zero-order valence-corrected chi connectivity index (χ0v) is 11.8. The van der Waals surface area contributed by atoms with Gasteiger partial charge in [0.25, 0.3) is 0 Å². The van der Waals surface area contributed by atoms with Crippen molar-refractivity contribution in [1.82, 2.24) is 0 Å². The maximum Gasteiger partial charge on any atom is -0.0348 e. The van der Waals surface area contributed by atoms with Gasteiger partial charge in [-0.15, -0.1) is 0 Å². The van der Waals surface area contributed by atoms with Gasteiger partial charge < -0.3 is 0 Å². The molecular weight excluding hydrogens is 204 g/mol. The number of hydrogen-bond acceptors (Lipinski definition) is 0. The zero-order valence-electron chi connectivity index (χ0n) is 11.8. The van der Waals surface area contributed by atoms with Crippen LogP contribution in [0.15, 0.2) is 24.3 Å². The van der Waals surface area contributed by atoms with Gasteiger partial charge in [-0.2, -0.15) is 0 Å². The number of rotatable bonds is 12. The third-order valence-corrected chi connectivity index (χ3v) is 2.97. The Morgan fingerprint density at radius 1 is 0.647 bits per heavy atom. The highest BCUT2D eigenvalue weighted by atomic mass is 13.9. The quantitative estimate of drug-likeness (QED) is 0.277. The molecule has 0 aliphatic carbocycles. The zero-order chi connectivity index (χ0) is 12.6. The molecule has 1 radical (unpaired) electrons. The van der Waals surface area contributed by atoms with E-state index in [0.717, 1.165) is 6.42 Å². The number of unbranched alkanes of at least 4 members (excludes halogenated alkanes) is 8. The predicted octanol–water partition coefficient (Wildman–Crippen LogP) is 6.24. The monoisotopic (exact) mass is 235 g/mol. The smallest absolute Gasteiger partial charge is 0.0348 e. The summed E-state index contributed by atoms with van der Waals surface area (Å²) in [7, 11) is 0. The largest absolute Gasteiger partial charge is 0.0885 e. The van der Waals surface area contributed by atoms with Gasteiger partial charge in [0.1, 0.15) is 0 Å². The fourth-order valence-corrected chi connectivity index (χ4v) is 1.87. The van der Waals surface area contributed by atoms with Crippen molar-refractivity contribution in [2.24, 2.45) is 0 Å². The Hall–Kier alpha value is -0.520. The lowest BCUT2D eigenvalue weighted by molar-refractivity contribution is 0.611. The summed E-state index contributed by atoms with van der Waals surface area (Å²) in [4.78, 5) is 0. The second-order valence-electron chi connectivity index (χ2n) is 4.72. The van der Waals surface area contributed by atoms with Gasteiger partial charge >= 0.3 is 0 Å². The molecular formula is C17H31. The van der Waals surface area contributed by atoms with E-state index in [4.69, 9.17) is 0 Å². The van der Waals surface area contributed by atoms with E-state index in [2.05, 4.69) is 38.2 Å². The maximum atomic E-state index is 3.78. The Labute approximate surface area is 109 Å². The standard InChI is InChI=1S/C17H31/c1-3-5-7-9-11-13-15-17-16-14-12-10-8-6-4-2/h5,7,15,17H,1,3-4,6,8-14,16H2,2H3/b7-5+,17-15+. The highest BCUT2D eigenvalue weighted by Gasteiger charge is 1.88. The van der Waals surface area contributed by atoms with Gasteiger partial charge in [-0.05, 0) is 45.4 Å². The van der Waals surface area contributed by atoms with Crippen LogP contribution in [0, 0.1) is 6.92 Å². The first-order valence-electron chi connectivity index (χ1n) is 7.51. The van der Waals surface area contributed by atoms with E-state index < -0.39 is 0 Å². The Morgan fingerprint density at radius 2 is 1.18 bits per heavy atom. The Morgan fingerprint density at radius 3 is 1.82 bits per heavy atom. The minimum atomic E-state index is 0.924. The van der Waals surface area contributed by atoms with Crippen LogP contribution in [-0.2, 0) is 0 Å². The van der Waals surface area contributed by atoms with Gasteiger partial charge in [-0.25, -0.2) is 0 Å². The van der Waals surface area contributed by atoms with Gasteiger partial charge in [0.15, 0.2) is 0 Å². The minimum Gasteiger partial charge on any atom is -0.0885 e. The molecule has 0 unspecified atom stereocenters. The second-order valence-corrected chi connectivity index (χ2v) is 4.72. The van der Waals surface area contributed by atoms with Crippen LogP contribution in [-0.4, -0.2) is 0 Å². The predicted molar refractivity (Wildman–Crippen MR) is 80.1 cm³/mol. The van der Waals surface area contributed by atoms with Crippen molar-refractivity contribution in [3.05, 3.63) is 31.2 Å². The van der Waals surface area contributed by atoms with E-state index >= 15 is 0 Å². The number of allylic oxidation sites excluding steroid dienone is 4. The summed E-state index contributed by atoms with van der Waals surface area (Å²) in [5.74, 6) is 0.